The summed E-state index contributed by atoms with van der Waals surface area (Å²) in [6.45, 7) is 5.35. The van der Waals surface area contributed by atoms with Gasteiger partial charge in [-0.05, 0) is 75.7 Å². The molecule has 0 saturated carbocycles. The molecule has 3 saturated heterocycles. The van der Waals surface area contributed by atoms with Gasteiger partial charge in [0.2, 0.25) is 11.8 Å². The fourth-order valence-corrected chi connectivity index (χ4v) is 6.98. The third kappa shape index (κ3) is 6.23. The molecule has 3 fully saturated rings. The van der Waals surface area contributed by atoms with E-state index in [0.717, 1.165) is 88.9 Å². The van der Waals surface area contributed by atoms with Gasteiger partial charge in [-0.2, -0.15) is 0 Å². The molecule has 2 aromatic rings. The van der Waals surface area contributed by atoms with E-state index in [9.17, 15) is 9.59 Å². The summed E-state index contributed by atoms with van der Waals surface area (Å²) < 4.78 is 0. The van der Waals surface area contributed by atoms with Crippen molar-refractivity contribution in [3.8, 4) is 0 Å². The highest BCUT2D eigenvalue weighted by Crippen LogP contribution is 2.45. The van der Waals surface area contributed by atoms with Gasteiger partial charge in [0.1, 0.15) is 4.95 Å². The molecule has 0 aromatic heterocycles. The van der Waals surface area contributed by atoms with Crippen LogP contribution in [0.15, 0.2) is 60.7 Å². The van der Waals surface area contributed by atoms with Crippen molar-refractivity contribution in [3.63, 3.8) is 0 Å². The van der Waals surface area contributed by atoms with Crippen molar-refractivity contribution in [2.24, 2.45) is 5.41 Å². The zero-order valence-corrected chi connectivity index (χ0v) is 24.0. The van der Waals surface area contributed by atoms with E-state index in [2.05, 4.69) is 50.0 Å². The maximum absolute atomic E-state index is 13.5. The minimum absolute atomic E-state index is 0. The van der Waals surface area contributed by atoms with E-state index in [1.807, 2.05) is 41.3 Å². The molecule has 200 valence electrons. The highest BCUT2D eigenvalue weighted by molar-refractivity contribution is 9.09. The Morgan fingerprint density at radius 3 is 2.00 bits per heavy atom. The van der Waals surface area contributed by atoms with Crippen LogP contribution < -0.4 is 0 Å². The first-order chi connectivity index (χ1) is 17.6. The Kier molecular flexibility index (Phi) is 9.71. The number of nitrogens with zero attached hydrogens (tertiary/aromatic N) is 3. The molecule has 2 atom stereocenters. The van der Waals surface area contributed by atoms with Gasteiger partial charge in [0.15, 0.2) is 0 Å². The lowest BCUT2D eigenvalue weighted by atomic mass is 9.77. The van der Waals surface area contributed by atoms with Gasteiger partial charge in [0, 0.05) is 19.6 Å². The smallest absolute Gasteiger partial charge is 0.230 e. The second-order valence-corrected chi connectivity index (χ2v) is 11.6. The summed E-state index contributed by atoms with van der Waals surface area (Å²) in [5.74, 6) is 0.513. The number of carbonyl (C=O) groups excluding carboxylic acids is 2. The summed E-state index contributed by atoms with van der Waals surface area (Å²) in [6.07, 6.45) is 7.06. The van der Waals surface area contributed by atoms with Crippen LogP contribution in [0.4, 0.5) is 0 Å². The molecule has 3 aliphatic heterocycles. The molecule has 0 bridgehead atoms. The van der Waals surface area contributed by atoms with E-state index in [-0.39, 0.29) is 28.7 Å². The van der Waals surface area contributed by atoms with Gasteiger partial charge in [0.05, 0.1) is 11.3 Å². The number of halogens is 2. The van der Waals surface area contributed by atoms with Gasteiger partial charge in [-0.1, -0.05) is 76.6 Å². The van der Waals surface area contributed by atoms with E-state index < -0.39 is 0 Å². The minimum Gasteiger partial charge on any atom is -0.342 e. The number of benzene rings is 2. The first-order valence-corrected chi connectivity index (χ1v) is 14.6. The van der Waals surface area contributed by atoms with Gasteiger partial charge < -0.3 is 14.7 Å². The van der Waals surface area contributed by atoms with Gasteiger partial charge in [-0.15, -0.1) is 12.4 Å². The Morgan fingerprint density at radius 2 is 1.38 bits per heavy atom. The van der Waals surface area contributed by atoms with E-state index in [1.165, 1.54) is 6.42 Å². The predicted octanol–water partition coefficient (Wildman–Crippen LogP) is 6.00. The lowest BCUT2D eigenvalue weighted by molar-refractivity contribution is -0.138. The molecular formula is C30H39BrClN3O2. The molecule has 0 radical (unpaired) electrons. The number of likely N-dealkylation sites (tertiary alicyclic amines) is 3. The summed E-state index contributed by atoms with van der Waals surface area (Å²) in [7, 11) is 0. The van der Waals surface area contributed by atoms with Crippen LogP contribution in [0.3, 0.4) is 0 Å². The number of hydrogen-bond acceptors (Lipinski definition) is 3. The van der Waals surface area contributed by atoms with Crippen LogP contribution in [0.2, 0.25) is 0 Å². The molecule has 2 aromatic carbocycles. The van der Waals surface area contributed by atoms with Crippen molar-refractivity contribution in [2.75, 3.05) is 39.3 Å². The highest BCUT2D eigenvalue weighted by atomic mass is 79.9. The summed E-state index contributed by atoms with van der Waals surface area (Å²) in [4.78, 5) is 33.6. The average Bonchev–Trinajstić information content (AvgIpc) is 3.26. The van der Waals surface area contributed by atoms with Crippen molar-refractivity contribution in [2.45, 2.75) is 55.8 Å². The fourth-order valence-electron chi connectivity index (χ4n) is 6.29. The Bertz CT molecular complexity index is 1020. The molecule has 2 unspecified atom stereocenters. The minimum atomic E-state index is -0.222. The van der Waals surface area contributed by atoms with Crippen molar-refractivity contribution >= 4 is 40.2 Å². The Labute approximate surface area is 236 Å². The molecular weight excluding hydrogens is 550 g/mol. The molecule has 37 heavy (non-hydrogen) atoms. The molecule has 5 rings (SSSR count). The van der Waals surface area contributed by atoms with Crippen LogP contribution in [-0.2, 0) is 9.59 Å². The Balaban J connectivity index is 0.00000320. The highest BCUT2D eigenvalue weighted by Gasteiger charge is 2.49. The molecule has 2 amide bonds. The zero-order chi connectivity index (χ0) is 25.0. The summed E-state index contributed by atoms with van der Waals surface area (Å²) in [5.41, 5.74) is 2.04. The average molecular weight is 589 g/mol. The molecule has 5 nitrogen and oxygen atoms in total. The Hall–Kier alpha value is -1.89. The summed E-state index contributed by atoms with van der Waals surface area (Å²) >= 11 is 3.78. The first kappa shape index (κ1) is 28.1. The van der Waals surface area contributed by atoms with E-state index in [1.54, 1.807) is 0 Å². The quantitative estimate of drug-likeness (QED) is 0.294. The molecule has 7 heteroatoms. The molecule has 0 aliphatic carbocycles. The maximum Gasteiger partial charge on any atom is 0.230 e. The van der Waals surface area contributed by atoms with Crippen molar-refractivity contribution in [1.82, 2.24) is 14.7 Å². The van der Waals surface area contributed by atoms with Crippen LogP contribution in [0, 0.1) is 5.41 Å². The maximum atomic E-state index is 13.5. The topological polar surface area (TPSA) is 43.9 Å². The summed E-state index contributed by atoms with van der Waals surface area (Å²) in [5, 5.41) is 0. The number of alkyl halides is 1. The Morgan fingerprint density at radius 1 is 0.811 bits per heavy atom. The van der Waals surface area contributed by atoms with E-state index in [4.69, 9.17) is 0 Å². The van der Waals surface area contributed by atoms with Crippen molar-refractivity contribution < 1.29 is 9.59 Å². The van der Waals surface area contributed by atoms with Crippen LogP contribution in [0.5, 0.6) is 0 Å². The molecule has 3 aliphatic rings. The number of piperidine rings is 2. The van der Waals surface area contributed by atoms with Gasteiger partial charge >= 0.3 is 0 Å². The zero-order valence-electron chi connectivity index (χ0n) is 21.6. The number of carbonyl (C=O) groups is 2. The van der Waals surface area contributed by atoms with E-state index >= 15 is 0 Å². The van der Waals surface area contributed by atoms with Crippen LogP contribution in [-0.4, -0.2) is 65.8 Å². The number of hydrogen-bond donors (Lipinski definition) is 0. The first-order valence-electron chi connectivity index (χ1n) is 13.6. The number of rotatable bonds is 7. The number of amides is 2. The summed E-state index contributed by atoms with van der Waals surface area (Å²) in [6, 6.07) is 20.5. The third-order valence-electron chi connectivity index (χ3n) is 8.61. The van der Waals surface area contributed by atoms with Gasteiger partial charge in [-0.25, -0.2) is 0 Å². The molecule has 1 spiro atoms. The van der Waals surface area contributed by atoms with Gasteiger partial charge in [0.25, 0.3) is 0 Å². The predicted molar refractivity (Wildman–Crippen MR) is 154 cm³/mol. The SMILES string of the molecule is Cl.O=C(C(CCN1CCC2(CC1)CCN(C(Br)c1ccccc1)C2=O)c1ccccc1)N1CCCCC1. The van der Waals surface area contributed by atoms with Crippen LogP contribution >= 0.6 is 28.3 Å². The van der Waals surface area contributed by atoms with Crippen molar-refractivity contribution in [1.29, 1.82) is 0 Å². The second kappa shape index (κ2) is 12.8. The normalized spacial score (nSPS) is 21.5. The fraction of sp³-hybridized carbons (Fsp3) is 0.533. The lowest BCUT2D eigenvalue weighted by Crippen LogP contribution is -2.45. The van der Waals surface area contributed by atoms with Crippen molar-refractivity contribution in [3.05, 3.63) is 71.8 Å². The molecule has 0 N–H and O–H groups in total. The largest absolute Gasteiger partial charge is 0.342 e. The second-order valence-electron chi connectivity index (χ2n) is 10.8. The van der Waals surface area contributed by atoms with Gasteiger partial charge in [-0.3, -0.25) is 9.59 Å². The third-order valence-corrected chi connectivity index (χ3v) is 9.63. The van der Waals surface area contributed by atoms with Crippen LogP contribution in [0.1, 0.15) is 66.9 Å². The monoisotopic (exact) mass is 587 g/mol. The lowest BCUT2D eigenvalue weighted by Gasteiger charge is -2.39. The van der Waals surface area contributed by atoms with E-state index in [0.29, 0.717) is 11.8 Å². The molecule has 3 heterocycles. The standard InChI is InChI=1S/C30H38BrN3O2.ClH/c31-27(25-12-6-2-7-13-25)34-23-17-30(29(34)36)15-21-32(22-16-30)20-14-26(24-10-4-1-5-11-24)28(35)33-18-8-3-9-19-33;/h1-2,4-7,10-13,26-27H,3,8-9,14-23H2;1H. The van der Waals surface area contributed by atoms with Crippen LogP contribution in [0.25, 0.3) is 0 Å².